The topological polar surface area (TPSA) is 36.9 Å². The first-order chi connectivity index (χ1) is 19.4. The number of rotatable bonds is 36. The van der Waals surface area contributed by atoms with Crippen LogP contribution in [0.1, 0.15) is 174 Å². The monoisotopic (exact) mass is 557 g/mol. The van der Waals surface area contributed by atoms with Crippen LogP contribution in [-0.2, 0) is 18.9 Å². The maximum atomic E-state index is 5.69. The summed E-state index contributed by atoms with van der Waals surface area (Å²) in [5.41, 5.74) is 0. The third kappa shape index (κ3) is 37.8. The first-order valence-electron chi connectivity index (χ1n) is 17.7. The maximum Gasteiger partial charge on any atom is 0.0701 e. The second-order valence-electron chi connectivity index (χ2n) is 11.6. The zero-order valence-electron chi connectivity index (χ0n) is 27.0. The number of hydrogen-bond donors (Lipinski definition) is 0. The SMILES string of the molecule is CCCCCCCCCCCCCCCCOCCOCCOCCOCCCCCCCCCCCCC. The molecule has 0 aromatic rings. The average molecular weight is 557 g/mol. The maximum absolute atomic E-state index is 5.69. The molecule has 0 rings (SSSR count). The van der Waals surface area contributed by atoms with Crippen molar-refractivity contribution in [3.05, 3.63) is 0 Å². The van der Waals surface area contributed by atoms with Crippen molar-refractivity contribution in [1.29, 1.82) is 0 Å². The molecule has 0 aliphatic heterocycles. The number of unbranched alkanes of at least 4 members (excludes halogenated alkanes) is 23. The summed E-state index contributed by atoms with van der Waals surface area (Å²) in [6, 6.07) is 0. The molecular formula is C35H72O4. The Morgan fingerprint density at radius 2 is 0.385 bits per heavy atom. The van der Waals surface area contributed by atoms with E-state index in [1.54, 1.807) is 0 Å². The first-order valence-corrected chi connectivity index (χ1v) is 17.7. The molecule has 0 spiro atoms. The normalized spacial score (nSPS) is 11.5. The van der Waals surface area contributed by atoms with E-state index in [0.717, 1.165) is 13.2 Å². The van der Waals surface area contributed by atoms with Crippen molar-refractivity contribution in [2.24, 2.45) is 0 Å². The Morgan fingerprint density at radius 3 is 0.615 bits per heavy atom. The van der Waals surface area contributed by atoms with Gasteiger partial charge in [0.2, 0.25) is 0 Å². The van der Waals surface area contributed by atoms with E-state index < -0.39 is 0 Å². The number of hydrogen-bond acceptors (Lipinski definition) is 4. The van der Waals surface area contributed by atoms with Crippen LogP contribution in [-0.4, -0.2) is 52.9 Å². The van der Waals surface area contributed by atoms with Crippen molar-refractivity contribution in [2.45, 2.75) is 174 Å². The molecule has 0 bridgehead atoms. The van der Waals surface area contributed by atoms with E-state index in [0.29, 0.717) is 39.6 Å². The van der Waals surface area contributed by atoms with E-state index in [1.807, 2.05) is 0 Å². The van der Waals surface area contributed by atoms with E-state index in [1.165, 1.54) is 161 Å². The van der Waals surface area contributed by atoms with Crippen LogP contribution in [0.4, 0.5) is 0 Å². The molecule has 0 heterocycles. The summed E-state index contributed by atoms with van der Waals surface area (Å²) < 4.78 is 22.5. The van der Waals surface area contributed by atoms with Gasteiger partial charge in [-0.3, -0.25) is 0 Å². The van der Waals surface area contributed by atoms with Crippen LogP contribution in [0.5, 0.6) is 0 Å². The van der Waals surface area contributed by atoms with Gasteiger partial charge >= 0.3 is 0 Å². The largest absolute Gasteiger partial charge is 0.379 e. The highest BCUT2D eigenvalue weighted by Crippen LogP contribution is 2.13. The van der Waals surface area contributed by atoms with Crippen molar-refractivity contribution in [3.63, 3.8) is 0 Å². The molecule has 0 aliphatic carbocycles. The van der Waals surface area contributed by atoms with Crippen LogP contribution in [0.2, 0.25) is 0 Å². The Hall–Kier alpha value is -0.160. The van der Waals surface area contributed by atoms with Gasteiger partial charge in [-0.15, -0.1) is 0 Å². The van der Waals surface area contributed by atoms with Crippen LogP contribution in [0.3, 0.4) is 0 Å². The summed E-state index contributed by atoms with van der Waals surface area (Å²) in [7, 11) is 0. The Kier molecular flexibility index (Phi) is 37.7. The summed E-state index contributed by atoms with van der Waals surface area (Å²) in [5, 5.41) is 0. The molecule has 236 valence electrons. The van der Waals surface area contributed by atoms with Crippen molar-refractivity contribution in [1.82, 2.24) is 0 Å². The second kappa shape index (κ2) is 37.8. The molecule has 4 nitrogen and oxygen atoms in total. The minimum atomic E-state index is 0.640. The van der Waals surface area contributed by atoms with Crippen LogP contribution in [0, 0.1) is 0 Å². The highest BCUT2D eigenvalue weighted by molar-refractivity contribution is 4.50. The second-order valence-corrected chi connectivity index (χ2v) is 11.6. The van der Waals surface area contributed by atoms with E-state index in [9.17, 15) is 0 Å². The van der Waals surface area contributed by atoms with Gasteiger partial charge in [-0.2, -0.15) is 0 Å². The summed E-state index contributed by atoms with van der Waals surface area (Å²) in [6.45, 7) is 10.3. The van der Waals surface area contributed by atoms with E-state index in [2.05, 4.69) is 13.8 Å². The Balaban J connectivity index is 3.01. The van der Waals surface area contributed by atoms with Crippen molar-refractivity contribution in [3.8, 4) is 0 Å². The molecule has 4 heteroatoms. The lowest BCUT2D eigenvalue weighted by molar-refractivity contribution is -0.00248. The molecule has 0 aliphatic rings. The van der Waals surface area contributed by atoms with Gasteiger partial charge in [-0.1, -0.05) is 162 Å². The lowest BCUT2D eigenvalue weighted by atomic mass is 10.0. The minimum Gasteiger partial charge on any atom is -0.379 e. The summed E-state index contributed by atoms with van der Waals surface area (Å²) in [5.74, 6) is 0. The lowest BCUT2D eigenvalue weighted by Crippen LogP contribution is -2.12. The lowest BCUT2D eigenvalue weighted by Gasteiger charge is -2.08. The third-order valence-corrected chi connectivity index (χ3v) is 7.65. The Morgan fingerprint density at radius 1 is 0.205 bits per heavy atom. The van der Waals surface area contributed by atoms with Crippen LogP contribution < -0.4 is 0 Å². The van der Waals surface area contributed by atoms with Gasteiger partial charge in [0.15, 0.2) is 0 Å². The molecule has 0 saturated carbocycles. The molecule has 0 saturated heterocycles. The fourth-order valence-corrected chi connectivity index (χ4v) is 5.03. The van der Waals surface area contributed by atoms with Crippen molar-refractivity contribution >= 4 is 0 Å². The van der Waals surface area contributed by atoms with Gasteiger partial charge in [-0.05, 0) is 12.8 Å². The van der Waals surface area contributed by atoms with Crippen LogP contribution >= 0.6 is 0 Å². The predicted molar refractivity (Wildman–Crippen MR) is 170 cm³/mol. The van der Waals surface area contributed by atoms with E-state index in [4.69, 9.17) is 18.9 Å². The number of ether oxygens (including phenoxy) is 4. The first kappa shape index (κ1) is 38.8. The van der Waals surface area contributed by atoms with Crippen LogP contribution in [0.25, 0.3) is 0 Å². The van der Waals surface area contributed by atoms with Crippen LogP contribution in [0.15, 0.2) is 0 Å². The summed E-state index contributed by atoms with van der Waals surface area (Å²) >= 11 is 0. The minimum absolute atomic E-state index is 0.640. The Bertz CT molecular complexity index is 368. The standard InChI is InChI=1S/C35H72O4/c1-3-5-7-9-11-13-15-16-17-19-21-23-25-27-29-37-31-33-39-35-34-38-32-30-36-28-26-24-22-20-18-14-12-10-8-6-4-2/h3-35H2,1-2H3. The van der Waals surface area contributed by atoms with E-state index >= 15 is 0 Å². The average Bonchev–Trinajstić information content (AvgIpc) is 2.95. The highest BCUT2D eigenvalue weighted by Gasteiger charge is 1.97. The molecule has 0 unspecified atom stereocenters. The fraction of sp³-hybridized carbons (Fsp3) is 1.00. The molecule has 0 aromatic carbocycles. The van der Waals surface area contributed by atoms with Gasteiger partial charge in [-0.25, -0.2) is 0 Å². The van der Waals surface area contributed by atoms with Gasteiger partial charge in [0.1, 0.15) is 0 Å². The van der Waals surface area contributed by atoms with Gasteiger partial charge < -0.3 is 18.9 Å². The molecule has 0 radical (unpaired) electrons. The zero-order chi connectivity index (χ0) is 28.2. The molecule has 0 atom stereocenters. The van der Waals surface area contributed by atoms with Gasteiger partial charge in [0, 0.05) is 13.2 Å². The molecule has 0 aromatic heterocycles. The molecule has 0 fully saturated rings. The predicted octanol–water partition coefficient (Wildman–Crippen LogP) is 10.8. The fourth-order valence-electron chi connectivity index (χ4n) is 5.03. The molecule has 0 amide bonds. The van der Waals surface area contributed by atoms with E-state index in [-0.39, 0.29) is 0 Å². The van der Waals surface area contributed by atoms with Crippen molar-refractivity contribution in [2.75, 3.05) is 52.9 Å². The molecule has 0 N–H and O–H groups in total. The highest BCUT2D eigenvalue weighted by atomic mass is 16.6. The summed E-state index contributed by atoms with van der Waals surface area (Å²) in [4.78, 5) is 0. The van der Waals surface area contributed by atoms with Gasteiger partial charge in [0.25, 0.3) is 0 Å². The quantitative estimate of drug-likeness (QED) is 0.0719. The van der Waals surface area contributed by atoms with Crippen molar-refractivity contribution < 1.29 is 18.9 Å². The summed E-state index contributed by atoms with van der Waals surface area (Å²) in [6.07, 6.45) is 34.6. The molecular weight excluding hydrogens is 484 g/mol. The molecule has 39 heavy (non-hydrogen) atoms. The smallest absolute Gasteiger partial charge is 0.0701 e. The Labute approximate surface area is 246 Å². The van der Waals surface area contributed by atoms with Gasteiger partial charge in [0.05, 0.1) is 39.6 Å². The third-order valence-electron chi connectivity index (χ3n) is 7.65. The zero-order valence-corrected chi connectivity index (χ0v) is 27.0.